The highest BCUT2D eigenvalue weighted by atomic mass is 35.5. The summed E-state index contributed by atoms with van der Waals surface area (Å²) in [5.74, 6) is -1.21. The Balaban J connectivity index is 2.06. The molecule has 0 radical (unpaired) electrons. The molecular formula is C20H27ClN4O5P+. The fraction of sp³-hybridized carbons (Fsp3) is 0.550. The highest BCUT2D eigenvalue weighted by molar-refractivity contribution is 7.45. The van der Waals surface area contributed by atoms with Crippen LogP contribution in [0.15, 0.2) is 24.8 Å². The second-order valence-corrected chi connectivity index (χ2v) is 10.9. The van der Waals surface area contributed by atoms with Crippen molar-refractivity contribution in [2.24, 2.45) is 10.8 Å². The molecule has 11 heteroatoms. The van der Waals surface area contributed by atoms with Gasteiger partial charge in [-0.3, -0.25) is 9.59 Å². The van der Waals surface area contributed by atoms with E-state index < -0.39 is 36.6 Å². The Morgan fingerprint density at radius 2 is 1.65 bits per heavy atom. The van der Waals surface area contributed by atoms with Crippen LogP contribution in [0.5, 0.6) is 0 Å². The van der Waals surface area contributed by atoms with Crippen molar-refractivity contribution in [2.75, 3.05) is 6.16 Å². The van der Waals surface area contributed by atoms with Gasteiger partial charge in [-0.05, 0) is 47.6 Å². The van der Waals surface area contributed by atoms with Gasteiger partial charge in [0.15, 0.2) is 17.0 Å². The zero-order chi connectivity index (χ0) is 23.4. The van der Waals surface area contributed by atoms with E-state index >= 15 is 0 Å². The van der Waals surface area contributed by atoms with E-state index in [0.29, 0.717) is 17.7 Å². The molecule has 9 nitrogen and oxygen atoms in total. The quantitative estimate of drug-likeness (QED) is 0.193. The normalized spacial score (nSPS) is 13.1. The molecular weight excluding hydrogens is 443 g/mol. The molecule has 0 bridgehead atoms. The fourth-order valence-electron chi connectivity index (χ4n) is 2.12. The van der Waals surface area contributed by atoms with Crippen molar-refractivity contribution in [1.82, 2.24) is 19.5 Å². The van der Waals surface area contributed by atoms with E-state index in [-0.39, 0.29) is 11.3 Å². The zero-order valence-corrected chi connectivity index (χ0v) is 20.1. The predicted octanol–water partition coefficient (Wildman–Crippen LogP) is 4.33. The Hall–Kier alpha value is -2.38. The average Bonchev–Trinajstić information content (AvgIpc) is 3.07. The molecule has 0 fully saturated rings. The van der Waals surface area contributed by atoms with Gasteiger partial charge in [-0.2, -0.15) is 0 Å². The van der Waals surface area contributed by atoms with Crippen LogP contribution in [0.25, 0.3) is 11.2 Å². The van der Waals surface area contributed by atoms with Crippen LogP contribution in [0.4, 0.5) is 0 Å². The van der Waals surface area contributed by atoms with Gasteiger partial charge in [-0.15, -0.1) is 0 Å². The molecule has 2 heterocycles. The van der Waals surface area contributed by atoms with Crippen molar-refractivity contribution < 1.29 is 23.6 Å². The van der Waals surface area contributed by atoms with Crippen molar-refractivity contribution in [3.8, 4) is 0 Å². The summed E-state index contributed by atoms with van der Waals surface area (Å²) in [6, 6.07) is -1.46. The molecule has 2 aromatic rings. The van der Waals surface area contributed by atoms with Gasteiger partial charge in [-0.25, -0.2) is 15.0 Å². The molecule has 168 valence electrons. The first-order valence-electron chi connectivity index (χ1n) is 9.63. The Kier molecular flexibility index (Phi) is 7.89. The molecule has 0 aromatic carbocycles. The van der Waals surface area contributed by atoms with E-state index in [1.165, 1.54) is 6.33 Å². The summed E-state index contributed by atoms with van der Waals surface area (Å²) in [6.07, 6.45) is 6.40. The topological polar surface area (TPSA) is 113 Å². The van der Waals surface area contributed by atoms with Crippen molar-refractivity contribution >= 4 is 42.5 Å². The third-order valence-electron chi connectivity index (χ3n) is 3.99. The van der Waals surface area contributed by atoms with Crippen LogP contribution in [0, 0.1) is 10.8 Å². The van der Waals surface area contributed by atoms with E-state index in [1.54, 1.807) is 64.6 Å². The van der Waals surface area contributed by atoms with E-state index in [4.69, 9.17) is 21.1 Å². The Labute approximate surface area is 187 Å². The fourth-order valence-corrected chi connectivity index (χ4v) is 3.25. The molecule has 31 heavy (non-hydrogen) atoms. The van der Waals surface area contributed by atoms with Crippen molar-refractivity contribution in [3.63, 3.8) is 0 Å². The van der Waals surface area contributed by atoms with Gasteiger partial charge in [0.2, 0.25) is 0 Å². The number of hydrogen-bond donors (Lipinski definition) is 0. The predicted molar refractivity (Wildman–Crippen MR) is 117 cm³/mol. The number of halogens is 1. The summed E-state index contributed by atoms with van der Waals surface area (Å²) in [7, 11) is -2.21. The van der Waals surface area contributed by atoms with Gasteiger partial charge in [-0.1, -0.05) is 22.2 Å². The molecule has 0 aliphatic heterocycles. The van der Waals surface area contributed by atoms with Gasteiger partial charge in [0.1, 0.15) is 11.8 Å². The zero-order valence-electron chi connectivity index (χ0n) is 18.5. The van der Waals surface area contributed by atoms with Crippen LogP contribution < -0.4 is 0 Å². The van der Waals surface area contributed by atoms with Crippen molar-refractivity contribution in [3.05, 3.63) is 30.0 Å². The Morgan fingerprint density at radius 1 is 1.06 bits per heavy atom. The van der Waals surface area contributed by atoms with E-state index in [9.17, 15) is 14.2 Å². The third kappa shape index (κ3) is 6.80. The molecule has 0 amide bonds. The number of aromatic nitrogens is 4. The smallest absolute Gasteiger partial charge is 0.384 e. The second kappa shape index (κ2) is 9.83. The third-order valence-corrected chi connectivity index (χ3v) is 5.51. The van der Waals surface area contributed by atoms with E-state index in [0.717, 1.165) is 0 Å². The maximum atomic E-state index is 12.8. The standard InChI is InChI=1S/C20H27ClN4O5P/c1-19(2,3)16(26)29-18(30-17(27)20(4,5)6)31(28)10-8-7-9-25-12-24-13-14(21)22-11-23-15(13)25/h7-8,11-12,18H,9-10H2,1-6H3/q+1/b8-7+. The Morgan fingerprint density at radius 3 is 2.19 bits per heavy atom. The van der Waals surface area contributed by atoms with Crippen LogP contribution in [0.1, 0.15) is 41.5 Å². The lowest BCUT2D eigenvalue weighted by atomic mass is 9.97. The van der Waals surface area contributed by atoms with Gasteiger partial charge in [0.25, 0.3) is 0 Å². The molecule has 1 unspecified atom stereocenters. The SMILES string of the molecule is CC(C)(C)C(=O)OC(OC(=O)C(C)(C)C)[P+](=O)C/C=C/Cn1cnc2c(Cl)ncnc21. The van der Waals surface area contributed by atoms with Gasteiger partial charge in [0.05, 0.1) is 17.2 Å². The minimum Gasteiger partial charge on any atom is -0.384 e. The number of nitrogens with zero attached hydrogens (tertiary/aromatic N) is 4. The molecule has 1 atom stereocenters. The minimum atomic E-state index is -2.21. The summed E-state index contributed by atoms with van der Waals surface area (Å²) < 4.78 is 25.1. The number of hydrogen-bond acceptors (Lipinski definition) is 8. The lowest BCUT2D eigenvalue weighted by Crippen LogP contribution is -2.33. The Bertz CT molecular complexity index is 979. The van der Waals surface area contributed by atoms with Crippen LogP contribution in [0.3, 0.4) is 0 Å². The largest absolute Gasteiger partial charge is 0.451 e. The number of esters is 2. The van der Waals surface area contributed by atoms with Crippen LogP contribution in [-0.2, 0) is 30.2 Å². The number of ether oxygens (including phenoxy) is 2. The lowest BCUT2D eigenvalue weighted by Gasteiger charge is -2.21. The van der Waals surface area contributed by atoms with Crippen LogP contribution in [0.2, 0.25) is 5.15 Å². The second-order valence-electron chi connectivity index (χ2n) is 8.92. The van der Waals surface area contributed by atoms with E-state index in [1.807, 2.05) is 0 Å². The van der Waals surface area contributed by atoms with Gasteiger partial charge in [0, 0.05) is 6.54 Å². The van der Waals surface area contributed by atoms with Gasteiger partial charge < -0.3 is 14.0 Å². The highest BCUT2D eigenvalue weighted by Crippen LogP contribution is 2.34. The lowest BCUT2D eigenvalue weighted by molar-refractivity contribution is -0.184. The maximum Gasteiger partial charge on any atom is 0.451 e. The molecule has 2 aromatic heterocycles. The molecule has 0 aliphatic rings. The average molecular weight is 470 g/mol. The summed E-state index contributed by atoms with van der Waals surface area (Å²) in [6.45, 7) is 10.4. The molecule has 0 spiro atoms. The summed E-state index contributed by atoms with van der Waals surface area (Å²) in [4.78, 5) is 36.7. The summed E-state index contributed by atoms with van der Waals surface area (Å²) >= 11 is 5.99. The number of imidazole rings is 1. The first-order chi connectivity index (χ1) is 14.3. The molecule has 0 saturated heterocycles. The number of fused-ring (bicyclic) bond motifs is 1. The number of carbonyl (C=O) groups is 2. The van der Waals surface area contributed by atoms with Crippen molar-refractivity contribution in [2.45, 2.75) is 54.1 Å². The molecule has 0 aliphatic carbocycles. The monoisotopic (exact) mass is 469 g/mol. The van der Waals surface area contributed by atoms with Crippen LogP contribution >= 0.6 is 19.4 Å². The molecule has 0 saturated carbocycles. The van der Waals surface area contributed by atoms with Gasteiger partial charge >= 0.3 is 25.8 Å². The molecule has 0 N–H and O–H groups in total. The van der Waals surface area contributed by atoms with Crippen LogP contribution in [-0.4, -0.2) is 43.7 Å². The number of allylic oxidation sites excluding steroid dienone is 2. The first-order valence-corrected chi connectivity index (χ1v) is 11.5. The molecule has 2 rings (SSSR count). The summed E-state index contributed by atoms with van der Waals surface area (Å²) in [5, 5.41) is 0.264. The summed E-state index contributed by atoms with van der Waals surface area (Å²) in [5.41, 5.74) is -0.592. The minimum absolute atomic E-state index is 0.0528. The maximum absolute atomic E-state index is 12.8. The highest BCUT2D eigenvalue weighted by Gasteiger charge is 2.41. The van der Waals surface area contributed by atoms with E-state index in [2.05, 4.69) is 15.0 Å². The first kappa shape index (κ1) is 24.9. The number of rotatable bonds is 7. The number of carbonyl (C=O) groups excluding carboxylic acids is 2. The van der Waals surface area contributed by atoms with Crippen molar-refractivity contribution in [1.29, 1.82) is 0 Å².